The molecule has 25 heavy (non-hydrogen) atoms. The maximum absolute atomic E-state index is 12.4. The van der Waals surface area contributed by atoms with Crippen LogP contribution in [0.2, 0.25) is 5.02 Å². The van der Waals surface area contributed by atoms with E-state index in [0.717, 1.165) is 37.0 Å². The highest BCUT2D eigenvalue weighted by Gasteiger charge is 2.16. The van der Waals surface area contributed by atoms with Gasteiger partial charge in [-0.2, -0.15) is 0 Å². The van der Waals surface area contributed by atoms with Gasteiger partial charge in [-0.15, -0.1) is 0 Å². The Kier molecular flexibility index (Phi) is 4.95. The Morgan fingerprint density at radius 3 is 2.84 bits per heavy atom. The zero-order valence-corrected chi connectivity index (χ0v) is 13.9. The van der Waals surface area contributed by atoms with Crippen molar-refractivity contribution >= 4 is 34.7 Å². The molecule has 128 valence electrons. The molecule has 0 aromatic heterocycles. The maximum Gasteiger partial charge on any atom is 0.270 e. The first-order valence-corrected chi connectivity index (χ1v) is 8.06. The van der Waals surface area contributed by atoms with Crippen LogP contribution in [0.4, 0.5) is 11.4 Å². The summed E-state index contributed by atoms with van der Waals surface area (Å²) in [5.41, 5.74) is 1.28. The van der Waals surface area contributed by atoms with Gasteiger partial charge in [0.05, 0.1) is 15.5 Å². The Labute approximate surface area is 148 Å². The van der Waals surface area contributed by atoms with Gasteiger partial charge >= 0.3 is 0 Å². The van der Waals surface area contributed by atoms with Crippen LogP contribution in [0.15, 0.2) is 47.5 Å². The summed E-state index contributed by atoms with van der Waals surface area (Å²) in [5.74, 6) is 0.278. The zero-order valence-electron chi connectivity index (χ0n) is 13.2. The molecular formula is C17H15ClN4O3. The fraction of sp³-hybridized carbons (Fsp3) is 0.176. The summed E-state index contributed by atoms with van der Waals surface area (Å²) >= 11 is 6.00. The molecule has 1 amide bonds. The third-order valence-electron chi connectivity index (χ3n) is 3.70. The molecule has 0 radical (unpaired) electrons. The lowest BCUT2D eigenvalue weighted by molar-refractivity contribution is -0.384. The number of amides is 1. The first-order chi connectivity index (χ1) is 12.0. The van der Waals surface area contributed by atoms with Crippen molar-refractivity contribution in [2.24, 2.45) is 4.99 Å². The number of amidine groups is 1. The number of hydrogen-bond acceptors (Lipinski definition) is 5. The van der Waals surface area contributed by atoms with Crippen LogP contribution >= 0.6 is 11.6 Å². The Morgan fingerprint density at radius 2 is 2.12 bits per heavy atom. The van der Waals surface area contributed by atoms with Crippen LogP contribution < -0.4 is 10.6 Å². The highest BCUT2D eigenvalue weighted by molar-refractivity contribution is 6.34. The van der Waals surface area contributed by atoms with Crippen LogP contribution in [-0.2, 0) is 0 Å². The second kappa shape index (κ2) is 7.31. The molecule has 0 spiro atoms. The summed E-state index contributed by atoms with van der Waals surface area (Å²) < 4.78 is 0. The molecule has 0 saturated heterocycles. The van der Waals surface area contributed by atoms with E-state index in [9.17, 15) is 14.9 Å². The molecule has 0 fully saturated rings. The molecule has 1 aliphatic rings. The van der Waals surface area contributed by atoms with Gasteiger partial charge < -0.3 is 10.6 Å². The van der Waals surface area contributed by atoms with Crippen molar-refractivity contribution < 1.29 is 9.72 Å². The number of halogens is 1. The van der Waals surface area contributed by atoms with E-state index in [4.69, 9.17) is 11.6 Å². The number of rotatable bonds is 4. The number of hydrogen-bond donors (Lipinski definition) is 2. The van der Waals surface area contributed by atoms with Crippen molar-refractivity contribution in [3.05, 3.63) is 68.7 Å². The lowest BCUT2D eigenvalue weighted by Gasteiger charge is -2.15. The van der Waals surface area contributed by atoms with Gasteiger partial charge in [0.15, 0.2) is 0 Å². The summed E-state index contributed by atoms with van der Waals surface area (Å²) in [6.45, 7) is 1.63. The fourth-order valence-electron chi connectivity index (χ4n) is 2.47. The third kappa shape index (κ3) is 3.95. The van der Waals surface area contributed by atoms with E-state index in [1.165, 1.54) is 12.1 Å². The van der Waals surface area contributed by atoms with Gasteiger partial charge in [-0.3, -0.25) is 19.9 Å². The summed E-state index contributed by atoms with van der Waals surface area (Å²) in [4.78, 5) is 27.2. The lowest BCUT2D eigenvalue weighted by atomic mass is 10.1. The first-order valence-electron chi connectivity index (χ1n) is 7.68. The molecule has 0 saturated carbocycles. The Bertz CT molecular complexity index is 867. The van der Waals surface area contributed by atoms with E-state index >= 15 is 0 Å². The van der Waals surface area contributed by atoms with Gasteiger partial charge in [-0.1, -0.05) is 23.7 Å². The van der Waals surface area contributed by atoms with Crippen molar-refractivity contribution in [2.75, 3.05) is 18.4 Å². The van der Waals surface area contributed by atoms with E-state index in [0.29, 0.717) is 5.69 Å². The lowest BCUT2D eigenvalue weighted by Crippen LogP contribution is -2.30. The molecule has 0 atom stereocenters. The zero-order chi connectivity index (χ0) is 17.8. The van der Waals surface area contributed by atoms with Crippen LogP contribution in [0.5, 0.6) is 0 Å². The average Bonchev–Trinajstić information content (AvgIpc) is 2.62. The number of anilines is 1. The van der Waals surface area contributed by atoms with E-state index in [1.54, 1.807) is 18.2 Å². The molecule has 3 rings (SSSR count). The third-order valence-corrected chi connectivity index (χ3v) is 4.03. The van der Waals surface area contributed by atoms with Crippen molar-refractivity contribution in [2.45, 2.75) is 6.42 Å². The monoisotopic (exact) mass is 358 g/mol. The van der Waals surface area contributed by atoms with Crippen LogP contribution in [0.25, 0.3) is 0 Å². The Hall–Kier alpha value is -2.93. The summed E-state index contributed by atoms with van der Waals surface area (Å²) in [6, 6.07) is 11.0. The number of non-ortho nitro benzene ring substituents is 1. The number of carbonyl (C=O) groups is 1. The van der Waals surface area contributed by atoms with Crippen molar-refractivity contribution in [1.82, 2.24) is 5.32 Å². The molecular weight excluding hydrogens is 344 g/mol. The van der Waals surface area contributed by atoms with E-state index in [-0.39, 0.29) is 16.3 Å². The van der Waals surface area contributed by atoms with Gasteiger partial charge in [-0.25, -0.2) is 0 Å². The largest absolute Gasteiger partial charge is 0.370 e. The second-order valence-corrected chi connectivity index (χ2v) is 5.87. The Morgan fingerprint density at radius 1 is 1.28 bits per heavy atom. The predicted octanol–water partition coefficient (Wildman–Crippen LogP) is 3.24. The smallest absolute Gasteiger partial charge is 0.270 e. The van der Waals surface area contributed by atoms with Gasteiger partial charge in [0.25, 0.3) is 11.6 Å². The molecule has 2 aromatic carbocycles. The number of nitro groups is 1. The van der Waals surface area contributed by atoms with E-state index in [1.807, 2.05) is 6.07 Å². The fourth-order valence-corrected chi connectivity index (χ4v) is 2.67. The molecule has 0 unspecified atom stereocenters. The number of aliphatic imine (C=N–C) groups is 1. The molecule has 8 heteroatoms. The highest BCUT2D eigenvalue weighted by atomic mass is 35.5. The van der Waals surface area contributed by atoms with Gasteiger partial charge in [-0.05, 0) is 24.6 Å². The molecule has 7 nitrogen and oxygen atoms in total. The predicted molar refractivity (Wildman–Crippen MR) is 96.5 cm³/mol. The van der Waals surface area contributed by atoms with Crippen molar-refractivity contribution in [1.29, 1.82) is 0 Å². The first kappa shape index (κ1) is 16.9. The minimum atomic E-state index is -0.569. The number of nitrogens with zero attached hydrogens (tertiary/aromatic N) is 2. The maximum atomic E-state index is 12.4. The summed E-state index contributed by atoms with van der Waals surface area (Å²) in [7, 11) is 0. The summed E-state index contributed by atoms with van der Waals surface area (Å²) in [6.07, 6.45) is 0.991. The minimum Gasteiger partial charge on any atom is -0.370 e. The average molecular weight is 359 g/mol. The van der Waals surface area contributed by atoms with Gasteiger partial charge in [0, 0.05) is 36.5 Å². The minimum absolute atomic E-state index is 0.0504. The second-order valence-electron chi connectivity index (χ2n) is 5.47. The van der Waals surface area contributed by atoms with E-state index in [2.05, 4.69) is 15.6 Å². The topological polar surface area (TPSA) is 96.6 Å². The molecule has 2 N–H and O–H groups in total. The highest BCUT2D eigenvalue weighted by Crippen LogP contribution is 2.23. The van der Waals surface area contributed by atoms with Crippen molar-refractivity contribution in [3.63, 3.8) is 0 Å². The molecule has 0 aliphatic carbocycles. The van der Waals surface area contributed by atoms with E-state index < -0.39 is 10.8 Å². The number of nitro benzene ring substituents is 1. The number of carbonyl (C=O) groups excluding carboxylic acids is 1. The SMILES string of the molecule is O=C(Nc1cccc(C2=NCCCN2)c1)c1cc([N+](=O)[O-])ccc1Cl. The van der Waals surface area contributed by atoms with Crippen LogP contribution in [0.1, 0.15) is 22.3 Å². The molecule has 1 aliphatic heterocycles. The number of nitrogens with one attached hydrogen (secondary N) is 2. The molecule has 0 bridgehead atoms. The van der Waals surface area contributed by atoms with Crippen LogP contribution in [0, 0.1) is 10.1 Å². The van der Waals surface area contributed by atoms with Crippen molar-refractivity contribution in [3.8, 4) is 0 Å². The normalized spacial score (nSPS) is 13.6. The van der Waals surface area contributed by atoms with Gasteiger partial charge in [0.2, 0.25) is 0 Å². The van der Waals surface area contributed by atoms with Crippen LogP contribution in [-0.4, -0.2) is 29.8 Å². The molecule has 2 aromatic rings. The summed E-state index contributed by atoms with van der Waals surface area (Å²) in [5, 5.41) is 17.0. The van der Waals surface area contributed by atoms with Crippen LogP contribution in [0.3, 0.4) is 0 Å². The molecule has 1 heterocycles. The van der Waals surface area contributed by atoms with Gasteiger partial charge in [0.1, 0.15) is 5.84 Å². The quantitative estimate of drug-likeness (QED) is 0.647. The standard InChI is InChI=1S/C17H15ClN4O3/c18-15-6-5-13(22(24)25)10-14(15)17(23)21-12-4-1-3-11(9-12)16-19-7-2-8-20-16/h1,3-6,9-10H,2,7-8H2,(H,19,20)(H,21,23). The number of benzene rings is 2. The Balaban J connectivity index is 1.83.